The zero-order chi connectivity index (χ0) is 39.4. The van der Waals surface area contributed by atoms with Crippen LogP contribution < -0.4 is 26.4 Å². The van der Waals surface area contributed by atoms with E-state index < -0.39 is 11.4 Å². The maximum atomic E-state index is 11.5. The van der Waals surface area contributed by atoms with Gasteiger partial charge in [-0.15, -0.1) is 6.58 Å². The van der Waals surface area contributed by atoms with Gasteiger partial charge in [-0.05, 0) is 93.9 Å². The highest BCUT2D eigenvalue weighted by molar-refractivity contribution is 5.88. The van der Waals surface area contributed by atoms with E-state index in [1.165, 1.54) is 36.1 Å². The van der Waals surface area contributed by atoms with Crippen LogP contribution in [0.5, 0.6) is 5.75 Å². The molecule has 0 aromatic heterocycles. The molecule has 1 spiro atoms. The van der Waals surface area contributed by atoms with Crippen LogP contribution >= 0.6 is 0 Å². The standard InChI is InChI=1S/C44H71N5O6/c1-7-37-24-43(21-20-39(33(4)55-43)40-22-38(51-6)18-19-41(40)48(5)25-34-14-13-15-34)28-49(37)30-52-27-36(47-29-54-31-53-26-32(2)3)17-12-10-8-9-11-16-35-23-44(35,46)42(45)50/h7,11,16,18-19,22,32,34-37,47H,1,8-10,12-15,17,20-21,23-31,46H2,2-6H3,(H2,45,50)/b16-11-/t35-,36+,37-,43-,44-/m1/s1. The monoisotopic (exact) mass is 766 g/mol. The molecule has 55 heavy (non-hydrogen) atoms. The predicted molar refractivity (Wildman–Crippen MR) is 220 cm³/mol. The Hall–Kier alpha value is -2.93. The first-order chi connectivity index (χ1) is 26.5. The Balaban J connectivity index is 1.12. The minimum Gasteiger partial charge on any atom is -0.497 e. The van der Waals surface area contributed by atoms with Crippen molar-refractivity contribution in [3.05, 3.63) is 54.3 Å². The van der Waals surface area contributed by atoms with Crippen LogP contribution in [0.15, 0.2) is 48.8 Å². The van der Waals surface area contributed by atoms with E-state index in [9.17, 15) is 4.79 Å². The number of methoxy groups -OCH3 is 1. The lowest BCUT2D eigenvalue weighted by Crippen LogP contribution is -2.40. The van der Waals surface area contributed by atoms with Crippen molar-refractivity contribution in [2.45, 2.75) is 121 Å². The molecule has 308 valence electrons. The second-order valence-electron chi connectivity index (χ2n) is 17.0. The van der Waals surface area contributed by atoms with Crippen LogP contribution in [-0.2, 0) is 23.7 Å². The van der Waals surface area contributed by atoms with Crippen molar-refractivity contribution in [2.24, 2.45) is 29.2 Å². The lowest BCUT2D eigenvalue weighted by atomic mass is 9.84. The second kappa shape index (κ2) is 20.5. The fourth-order valence-electron chi connectivity index (χ4n) is 8.40. The van der Waals surface area contributed by atoms with Crippen molar-refractivity contribution in [2.75, 3.05) is 65.6 Å². The van der Waals surface area contributed by atoms with Gasteiger partial charge in [0.25, 0.3) is 0 Å². The number of primary amides is 1. The normalized spacial score (nSPS) is 26.1. The van der Waals surface area contributed by atoms with Crippen molar-refractivity contribution in [1.82, 2.24) is 10.2 Å². The van der Waals surface area contributed by atoms with Gasteiger partial charge >= 0.3 is 0 Å². The molecule has 2 saturated carbocycles. The van der Waals surface area contributed by atoms with Crippen LogP contribution in [0.3, 0.4) is 0 Å². The quantitative estimate of drug-likeness (QED) is 0.0560. The van der Waals surface area contributed by atoms with Gasteiger partial charge in [-0.25, -0.2) is 0 Å². The number of amides is 1. The van der Waals surface area contributed by atoms with Gasteiger partial charge in [-0.2, -0.15) is 0 Å². The van der Waals surface area contributed by atoms with Gasteiger partial charge in [0.15, 0.2) is 0 Å². The summed E-state index contributed by atoms with van der Waals surface area (Å²) in [4.78, 5) is 16.3. The topological polar surface area (TPSA) is 134 Å². The Bertz CT molecular complexity index is 1460. The van der Waals surface area contributed by atoms with Crippen molar-refractivity contribution in [3.8, 4) is 5.75 Å². The molecule has 2 aliphatic heterocycles. The maximum absolute atomic E-state index is 11.5. The zero-order valence-corrected chi connectivity index (χ0v) is 34.5. The van der Waals surface area contributed by atoms with Crippen molar-refractivity contribution in [3.63, 3.8) is 0 Å². The van der Waals surface area contributed by atoms with E-state index in [0.717, 1.165) is 81.9 Å². The molecule has 0 radical (unpaired) electrons. The van der Waals surface area contributed by atoms with Gasteiger partial charge in [-0.1, -0.05) is 51.3 Å². The molecule has 3 fully saturated rings. The first kappa shape index (κ1) is 43.2. The molecule has 2 heterocycles. The predicted octanol–water partition coefficient (Wildman–Crippen LogP) is 6.72. The number of likely N-dealkylation sites (tertiary alicyclic amines) is 1. The smallest absolute Gasteiger partial charge is 0.238 e. The van der Waals surface area contributed by atoms with E-state index in [1.807, 2.05) is 6.08 Å². The minimum absolute atomic E-state index is 0.0782. The van der Waals surface area contributed by atoms with Crippen LogP contribution in [0.2, 0.25) is 0 Å². The minimum atomic E-state index is -0.838. The van der Waals surface area contributed by atoms with Gasteiger partial charge in [0.1, 0.15) is 23.7 Å². The summed E-state index contributed by atoms with van der Waals surface area (Å²) in [5.41, 5.74) is 14.1. The average Bonchev–Trinajstić information content (AvgIpc) is 3.70. The lowest BCUT2D eigenvalue weighted by Gasteiger charge is -2.38. The van der Waals surface area contributed by atoms with E-state index in [2.05, 4.69) is 79.9 Å². The second-order valence-corrected chi connectivity index (χ2v) is 17.0. The lowest BCUT2D eigenvalue weighted by molar-refractivity contribution is -0.120. The summed E-state index contributed by atoms with van der Waals surface area (Å²) in [7, 11) is 3.96. The molecule has 5 atom stereocenters. The molecule has 2 aliphatic carbocycles. The SMILES string of the molecule is C=C[C@@H]1C[C@]2(CCC(c3cc(OC)ccc3N(C)CC3CCC3)=C(C)O2)CN1COC[C@H](CCCCC/C=C\[C@@H]1C[C@]1(N)C(N)=O)NCOCOCC(C)C. The van der Waals surface area contributed by atoms with E-state index in [4.69, 9.17) is 35.2 Å². The molecule has 11 nitrogen and oxygen atoms in total. The molecule has 0 bridgehead atoms. The first-order valence-corrected chi connectivity index (χ1v) is 20.8. The summed E-state index contributed by atoms with van der Waals surface area (Å²) in [6, 6.07) is 6.80. The Morgan fingerprint density at radius 2 is 1.98 bits per heavy atom. The number of rotatable bonds is 25. The number of carbonyl (C=O) groups excluding carboxylic acids is 1. The third kappa shape index (κ3) is 12.0. The van der Waals surface area contributed by atoms with Crippen LogP contribution in [0.1, 0.15) is 103 Å². The molecular formula is C44H71N5O6. The number of unbranched alkanes of at least 4 members (excludes halogenated alkanes) is 3. The molecular weight excluding hydrogens is 695 g/mol. The fraction of sp³-hybridized carbons (Fsp3) is 0.705. The zero-order valence-electron chi connectivity index (χ0n) is 34.5. The van der Waals surface area contributed by atoms with Gasteiger partial charge in [-0.3, -0.25) is 15.0 Å². The summed E-state index contributed by atoms with van der Waals surface area (Å²) < 4.78 is 30.4. The highest BCUT2D eigenvalue weighted by Gasteiger charge is 2.54. The third-order valence-electron chi connectivity index (χ3n) is 12.1. The number of anilines is 1. The highest BCUT2D eigenvalue weighted by atomic mass is 16.7. The Kier molecular flexibility index (Phi) is 16.1. The van der Waals surface area contributed by atoms with Crippen LogP contribution in [0, 0.1) is 17.8 Å². The first-order valence-electron chi connectivity index (χ1n) is 20.8. The largest absolute Gasteiger partial charge is 0.497 e. The van der Waals surface area contributed by atoms with E-state index in [1.54, 1.807) is 7.11 Å². The Morgan fingerprint density at radius 1 is 1.16 bits per heavy atom. The molecule has 5 N–H and O–H groups in total. The molecule has 11 heteroatoms. The van der Waals surface area contributed by atoms with Gasteiger partial charge < -0.3 is 40.1 Å². The van der Waals surface area contributed by atoms with E-state index in [0.29, 0.717) is 39.0 Å². The molecule has 1 saturated heterocycles. The molecule has 0 unspecified atom stereocenters. The summed E-state index contributed by atoms with van der Waals surface area (Å²) in [6.45, 7) is 14.9. The average molecular weight is 766 g/mol. The Morgan fingerprint density at radius 3 is 2.65 bits per heavy atom. The highest BCUT2D eigenvalue weighted by Crippen LogP contribution is 2.46. The number of benzene rings is 1. The van der Waals surface area contributed by atoms with Crippen molar-refractivity contribution < 1.29 is 28.5 Å². The molecule has 4 aliphatic rings. The molecule has 5 rings (SSSR count). The summed E-state index contributed by atoms with van der Waals surface area (Å²) in [5, 5.41) is 3.54. The molecule has 1 aromatic carbocycles. The van der Waals surface area contributed by atoms with E-state index in [-0.39, 0.29) is 30.4 Å². The van der Waals surface area contributed by atoms with Gasteiger partial charge in [0, 0.05) is 55.8 Å². The number of allylic oxidation sites excluding steroid dienone is 3. The number of nitrogens with one attached hydrogen (secondary N) is 1. The van der Waals surface area contributed by atoms with Crippen LogP contribution in [0.4, 0.5) is 5.69 Å². The number of carbonyl (C=O) groups is 1. The number of nitrogens with two attached hydrogens (primary N) is 2. The number of hydrogen-bond acceptors (Lipinski definition) is 10. The van der Waals surface area contributed by atoms with Crippen molar-refractivity contribution >= 4 is 17.2 Å². The third-order valence-corrected chi connectivity index (χ3v) is 12.1. The summed E-state index contributed by atoms with van der Waals surface area (Å²) in [6.07, 6.45) is 18.9. The number of ether oxygens (including phenoxy) is 5. The van der Waals surface area contributed by atoms with Gasteiger partial charge in [0.2, 0.25) is 5.91 Å². The van der Waals surface area contributed by atoms with Crippen molar-refractivity contribution in [1.29, 1.82) is 0 Å². The van der Waals surface area contributed by atoms with Crippen LogP contribution in [0.25, 0.3) is 5.57 Å². The summed E-state index contributed by atoms with van der Waals surface area (Å²) >= 11 is 0. The number of nitrogens with zero attached hydrogens (tertiary/aromatic N) is 2. The fourth-order valence-corrected chi connectivity index (χ4v) is 8.40. The maximum Gasteiger partial charge on any atom is 0.238 e. The van der Waals surface area contributed by atoms with Crippen LogP contribution in [-0.4, -0.2) is 94.7 Å². The molecule has 1 amide bonds. The number of hydrogen-bond donors (Lipinski definition) is 3. The van der Waals surface area contributed by atoms with E-state index >= 15 is 0 Å². The Labute approximate surface area is 331 Å². The molecule has 1 aromatic rings. The summed E-state index contributed by atoms with van der Waals surface area (Å²) in [5.74, 6) is 2.80. The van der Waals surface area contributed by atoms with Gasteiger partial charge in [0.05, 0.1) is 39.5 Å².